The Labute approximate surface area is 206 Å². The first kappa shape index (κ1) is 23.8. The van der Waals surface area contributed by atoms with Crippen LogP contribution in [0.3, 0.4) is 0 Å². The number of alkyl halides is 3. The Bertz CT molecular complexity index is 1230. The molecule has 1 saturated carbocycles. The largest absolute Gasteiger partial charge is 0.416 e. The number of aromatic nitrogens is 4. The van der Waals surface area contributed by atoms with Gasteiger partial charge < -0.3 is 9.47 Å². The molecule has 2 aliphatic rings. The maximum atomic E-state index is 12.8. The molecule has 3 aromatic rings. The summed E-state index contributed by atoms with van der Waals surface area (Å²) in [5.41, 5.74) is 1.88. The van der Waals surface area contributed by atoms with Gasteiger partial charge in [-0.3, -0.25) is 0 Å². The zero-order valence-corrected chi connectivity index (χ0v) is 20.1. The molecule has 0 radical (unpaired) electrons. The smallest absolute Gasteiger partial charge is 0.305 e. The van der Waals surface area contributed by atoms with Gasteiger partial charge in [0.05, 0.1) is 5.56 Å². The van der Waals surface area contributed by atoms with Crippen molar-refractivity contribution in [2.75, 3.05) is 25.4 Å². The Balaban J connectivity index is 1.09. The molecule has 0 bridgehead atoms. The molecule has 1 aliphatic heterocycles. The van der Waals surface area contributed by atoms with Crippen molar-refractivity contribution in [2.24, 2.45) is 12.5 Å². The number of thioether (sulfide) groups is 1. The van der Waals surface area contributed by atoms with Crippen LogP contribution in [0.25, 0.3) is 11.4 Å². The molecule has 2 aromatic heterocycles. The van der Waals surface area contributed by atoms with Gasteiger partial charge >= 0.3 is 6.18 Å². The minimum atomic E-state index is -4.28. The van der Waals surface area contributed by atoms with Gasteiger partial charge in [-0.25, -0.2) is 4.98 Å². The van der Waals surface area contributed by atoms with Crippen LogP contribution in [0, 0.1) is 16.7 Å². The normalized spacial score (nSPS) is 22.0. The van der Waals surface area contributed by atoms with Crippen LogP contribution >= 0.6 is 11.8 Å². The third-order valence-electron chi connectivity index (χ3n) is 7.12. The van der Waals surface area contributed by atoms with Crippen molar-refractivity contribution in [1.82, 2.24) is 24.6 Å². The molecule has 3 heterocycles. The van der Waals surface area contributed by atoms with E-state index >= 15 is 0 Å². The zero-order valence-electron chi connectivity index (χ0n) is 19.3. The average molecular weight is 499 g/mol. The lowest BCUT2D eigenvalue weighted by Crippen LogP contribution is -2.23. The van der Waals surface area contributed by atoms with Crippen molar-refractivity contribution in [2.45, 2.75) is 36.5 Å². The zero-order chi connectivity index (χ0) is 24.6. The van der Waals surface area contributed by atoms with Crippen molar-refractivity contribution >= 4 is 11.8 Å². The molecule has 0 amide bonds. The van der Waals surface area contributed by atoms with Gasteiger partial charge in [0, 0.05) is 31.1 Å². The molecule has 1 spiro atoms. The predicted octanol–water partition coefficient (Wildman–Crippen LogP) is 5.13. The fraction of sp³-hybridized carbons (Fsp3) is 0.440. The lowest BCUT2D eigenvalue weighted by atomic mass is 9.97. The van der Waals surface area contributed by atoms with Crippen LogP contribution in [-0.2, 0) is 13.2 Å². The summed E-state index contributed by atoms with van der Waals surface area (Å²) in [6, 6.07) is 11.2. The topological polar surface area (TPSA) is 70.6 Å². The summed E-state index contributed by atoms with van der Waals surface area (Å²) in [5.74, 6) is 2.01. The number of nitriles is 1. The molecule has 2 fully saturated rings. The van der Waals surface area contributed by atoms with Crippen LogP contribution in [-0.4, -0.2) is 50.0 Å². The highest BCUT2D eigenvalue weighted by Crippen LogP contribution is 2.64. The Morgan fingerprint density at radius 3 is 2.66 bits per heavy atom. The highest BCUT2D eigenvalue weighted by atomic mass is 32.2. The number of hydrogen-bond acceptors (Lipinski definition) is 6. The summed E-state index contributed by atoms with van der Waals surface area (Å²) >= 11 is 1.67. The van der Waals surface area contributed by atoms with E-state index in [9.17, 15) is 13.2 Å². The second-order valence-electron chi connectivity index (χ2n) is 9.38. The standard InChI is InChI=1S/C25H25F3N6S/c1-33-22(18-5-8-20(14-29)30-15-18)31-32-23(33)35-12-2-10-34-11-9-24(16-34)13-21(24)17-3-6-19(7-4-17)25(26,27)28/h3-8,15,21H,2,9-13,16H2,1H3. The number of halogens is 3. The van der Waals surface area contributed by atoms with Gasteiger partial charge in [-0.2, -0.15) is 18.4 Å². The van der Waals surface area contributed by atoms with E-state index in [4.69, 9.17) is 5.26 Å². The molecular weight excluding hydrogens is 473 g/mol. The number of nitrogens with zero attached hydrogens (tertiary/aromatic N) is 6. The molecular formula is C25H25F3N6S. The monoisotopic (exact) mass is 498 g/mol. The van der Waals surface area contributed by atoms with Gasteiger partial charge in [-0.15, -0.1) is 10.2 Å². The van der Waals surface area contributed by atoms with Gasteiger partial charge in [0.15, 0.2) is 11.0 Å². The van der Waals surface area contributed by atoms with E-state index in [1.54, 1.807) is 36.2 Å². The highest BCUT2D eigenvalue weighted by molar-refractivity contribution is 7.99. The maximum Gasteiger partial charge on any atom is 0.416 e. The minimum Gasteiger partial charge on any atom is -0.305 e. The number of hydrogen-bond donors (Lipinski definition) is 0. The number of likely N-dealkylation sites (tertiary alicyclic amines) is 1. The van der Waals surface area contributed by atoms with Crippen molar-refractivity contribution in [3.05, 3.63) is 59.4 Å². The van der Waals surface area contributed by atoms with E-state index in [0.29, 0.717) is 17.4 Å². The minimum absolute atomic E-state index is 0.237. The van der Waals surface area contributed by atoms with Gasteiger partial charge in [-0.05, 0) is 73.5 Å². The van der Waals surface area contributed by atoms with Crippen molar-refractivity contribution in [3.8, 4) is 17.5 Å². The van der Waals surface area contributed by atoms with E-state index in [1.807, 2.05) is 23.8 Å². The lowest BCUT2D eigenvalue weighted by molar-refractivity contribution is -0.137. The first-order valence-electron chi connectivity index (χ1n) is 11.6. The highest BCUT2D eigenvalue weighted by Gasteiger charge is 2.57. The molecule has 6 nitrogen and oxygen atoms in total. The average Bonchev–Trinajstić information content (AvgIpc) is 3.20. The third-order valence-corrected chi connectivity index (χ3v) is 8.22. The molecule has 182 valence electrons. The molecule has 2 atom stereocenters. The Kier molecular flexibility index (Phi) is 6.32. The van der Waals surface area contributed by atoms with Gasteiger partial charge in [0.2, 0.25) is 0 Å². The molecule has 0 N–H and O–H groups in total. The van der Waals surface area contributed by atoms with E-state index in [1.165, 1.54) is 12.1 Å². The summed E-state index contributed by atoms with van der Waals surface area (Å²) in [6.45, 7) is 3.06. The summed E-state index contributed by atoms with van der Waals surface area (Å²) in [7, 11) is 1.93. The SMILES string of the molecule is Cn1c(SCCCN2CCC3(CC3c3ccc(C(F)(F)F)cc3)C2)nnc1-c1ccc(C#N)nc1. The van der Waals surface area contributed by atoms with Gasteiger partial charge in [0.25, 0.3) is 0 Å². The molecule has 10 heteroatoms. The molecule has 5 rings (SSSR count). The molecule has 1 aliphatic carbocycles. The maximum absolute atomic E-state index is 12.8. The van der Waals surface area contributed by atoms with Crippen molar-refractivity contribution in [1.29, 1.82) is 5.26 Å². The van der Waals surface area contributed by atoms with E-state index in [0.717, 1.165) is 60.9 Å². The van der Waals surface area contributed by atoms with Crippen molar-refractivity contribution < 1.29 is 13.2 Å². The van der Waals surface area contributed by atoms with Crippen LogP contribution in [0.15, 0.2) is 47.8 Å². The second-order valence-corrected chi connectivity index (χ2v) is 10.4. The third kappa shape index (κ3) is 4.93. The Morgan fingerprint density at radius 1 is 1.17 bits per heavy atom. The predicted molar refractivity (Wildman–Crippen MR) is 127 cm³/mol. The van der Waals surface area contributed by atoms with Crippen molar-refractivity contribution in [3.63, 3.8) is 0 Å². The summed E-state index contributed by atoms with van der Waals surface area (Å²) in [4.78, 5) is 6.58. The van der Waals surface area contributed by atoms with Crippen LogP contribution in [0.1, 0.15) is 42.0 Å². The molecule has 1 aromatic carbocycles. The van der Waals surface area contributed by atoms with E-state index in [2.05, 4.69) is 20.1 Å². The van der Waals surface area contributed by atoms with Crippen LogP contribution < -0.4 is 0 Å². The molecule has 2 unspecified atom stereocenters. The first-order chi connectivity index (χ1) is 16.8. The van der Waals surface area contributed by atoms with Crippen LogP contribution in [0.5, 0.6) is 0 Å². The quantitative estimate of drug-likeness (QED) is 0.332. The fourth-order valence-electron chi connectivity index (χ4n) is 5.09. The van der Waals surface area contributed by atoms with E-state index < -0.39 is 11.7 Å². The van der Waals surface area contributed by atoms with Crippen LogP contribution in [0.4, 0.5) is 13.2 Å². The van der Waals surface area contributed by atoms with E-state index in [-0.39, 0.29) is 5.41 Å². The molecule has 35 heavy (non-hydrogen) atoms. The van der Waals surface area contributed by atoms with Gasteiger partial charge in [-0.1, -0.05) is 23.9 Å². The lowest BCUT2D eigenvalue weighted by Gasteiger charge is -2.16. The number of pyridine rings is 1. The summed E-state index contributed by atoms with van der Waals surface area (Å²) in [5, 5.41) is 18.3. The number of rotatable bonds is 7. The summed E-state index contributed by atoms with van der Waals surface area (Å²) in [6.07, 6.45) is 0.546. The fourth-order valence-corrected chi connectivity index (χ4v) is 5.92. The second kappa shape index (κ2) is 9.28. The Morgan fingerprint density at radius 2 is 1.97 bits per heavy atom. The summed E-state index contributed by atoms with van der Waals surface area (Å²) < 4.78 is 40.4. The first-order valence-corrected chi connectivity index (χ1v) is 12.6. The van der Waals surface area contributed by atoms with Gasteiger partial charge in [0.1, 0.15) is 11.8 Å². The number of benzene rings is 1. The Hall–Kier alpha value is -2.90. The molecule has 1 saturated heterocycles. The van der Waals surface area contributed by atoms with Crippen LogP contribution in [0.2, 0.25) is 0 Å².